The van der Waals surface area contributed by atoms with Crippen molar-refractivity contribution in [2.75, 3.05) is 65.7 Å². The smallest absolute Gasteiger partial charge is 0.137 e. The maximum absolute atomic E-state index is 10.5. The van der Waals surface area contributed by atoms with E-state index in [0.29, 0.717) is 13.2 Å². The van der Waals surface area contributed by atoms with Crippen LogP contribution in [0.15, 0.2) is 24.3 Å². The van der Waals surface area contributed by atoms with Crippen LogP contribution in [0.4, 0.5) is 0 Å². The Morgan fingerprint density at radius 2 is 1.15 bits per heavy atom. The van der Waals surface area contributed by atoms with Gasteiger partial charge in [0.05, 0.1) is 39.4 Å². The van der Waals surface area contributed by atoms with Crippen LogP contribution in [0.2, 0.25) is 0 Å². The van der Waals surface area contributed by atoms with Crippen LogP contribution < -0.4 is 9.47 Å². The summed E-state index contributed by atoms with van der Waals surface area (Å²) in [5.74, 6) is 1.96. The molecule has 5 rings (SSSR count). The lowest BCUT2D eigenvalue weighted by Gasteiger charge is -2.36. The second-order valence-electron chi connectivity index (χ2n) is 11.1. The number of quaternary nitrogens is 2. The Morgan fingerprint density at radius 3 is 1.59 bits per heavy atom. The fraction of sp³-hybridized carbons (Fsp3) is 0.769. The summed E-state index contributed by atoms with van der Waals surface area (Å²) in [6.45, 7) is 7.09. The van der Waals surface area contributed by atoms with Crippen molar-refractivity contribution in [3.8, 4) is 11.5 Å². The van der Waals surface area contributed by atoms with Gasteiger partial charge in [-0.2, -0.15) is 0 Å². The summed E-state index contributed by atoms with van der Waals surface area (Å²) in [6, 6.07) is 8.06. The van der Waals surface area contributed by atoms with E-state index in [0.717, 1.165) is 85.4 Å². The Morgan fingerprint density at radius 1 is 0.706 bits per heavy atom. The molecule has 4 aliphatic rings. The molecule has 0 radical (unpaired) electrons. The Bertz CT molecular complexity index is 778. The zero-order valence-electron chi connectivity index (χ0n) is 20.2. The van der Waals surface area contributed by atoms with Crippen molar-refractivity contribution in [1.29, 1.82) is 0 Å². The largest absolute Gasteiger partial charge is 0.488 e. The normalized spacial score (nSPS) is 40.9. The summed E-state index contributed by atoms with van der Waals surface area (Å²) in [7, 11) is 0. The first kappa shape index (κ1) is 24.3. The van der Waals surface area contributed by atoms with Gasteiger partial charge in [0.2, 0.25) is 0 Å². The second-order valence-corrected chi connectivity index (χ2v) is 11.1. The van der Waals surface area contributed by atoms with Crippen LogP contribution in [0, 0.1) is 11.8 Å². The number of aliphatic hydroxyl groups excluding tert-OH is 4. The van der Waals surface area contributed by atoms with Crippen molar-refractivity contribution in [3.63, 3.8) is 0 Å². The number of hydrogen-bond donors (Lipinski definition) is 4. The molecule has 4 heterocycles. The van der Waals surface area contributed by atoms with E-state index in [4.69, 9.17) is 9.47 Å². The lowest BCUT2D eigenvalue weighted by molar-refractivity contribution is -0.930. The molecule has 4 fully saturated rings. The number of rotatable bonds is 10. The highest BCUT2D eigenvalue weighted by atomic mass is 16.5. The van der Waals surface area contributed by atoms with Gasteiger partial charge >= 0.3 is 0 Å². The number of benzene rings is 1. The van der Waals surface area contributed by atoms with E-state index in [1.807, 2.05) is 24.3 Å². The molecule has 4 aliphatic heterocycles. The monoisotopic (exact) mass is 478 g/mol. The van der Waals surface area contributed by atoms with E-state index < -0.39 is 0 Å². The number of ether oxygens (including phenoxy) is 2. The van der Waals surface area contributed by atoms with Crippen molar-refractivity contribution in [1.82, 2.24) is 0 Å². The standard InChI is InChI=1S/C26H42N2O6/c29-17-19-4-8-27(10-6-23(31)25(19)27)12-14-33-21-2-1-3-22(16-21)34-15-13-28-9-5-20(18-30)26(28)24(32)7-11-28/h1-3,16,19-20,23-26,29-32H,4-15,17-18H2/q+2/t19-,20-,23-,24-,25-,26-,27-,28+/m0/s1. The van der Waals surface area contributed by atoms with Crippen LogP contribution in [0.1, 0.15) is 25.7 Å². The third-order valence-corrected chi connectivity index (χ3v) is 9.54. The minimum Gasteiger partial charge on any atom is -0.488 e. The number of hydrogen-bond acceptors (Lipinski definition) is 6. The lowest BCUT2D eigenvalue weighted by Crippen LogP contribution is -2.53. The number of fused-ring (bicyclic) bond motifs is 2. The Labute approximate surface area is 202 Å². The number of nitrogens with zero attached hydrogens (tertiary/aromatic N) is 2. The zero-order valence-corrected chi connectivity index (χ0v) is 20.2. The van der Waals surface area contributed by atoms with E-state index in [9.17, 15) is 20.4 Å². The highest BCUT2D eigenvalue weighted by Gasteiger charge is 2.56. The predicted octanol–water partition coefficient (Wildman–Crippen LogP) is 0.369. The van der Waals surface area contributed by atoms with Gasteiger partial charge in [0, 0.05) is 43.6 Å². The van der Waals surface area contributed by atoms with Crippen molar-refractivity contribution in [2.45, 2.75) is 50.0 Å². The fourth-order valence-electron chi connectivity index (χ4n) is 7.87. The molecule has 0 saturated carbocycles. The van der Waals surface area contributed by atoms with Gasteiger partial charge in [0.1, 0.15) is 62.1 Å². The van der Waals surface area contributed by atoms with E-state index in [1.54, 1.807) is 0 Å². The Balaban J connectivity index is 1.13. The molecule has 0 amide bonds. The van der Waals surface area contributed by atoms with Gasteiger partial charge in [-0.25, -0.2) is 0 Å². The van der Waals surface area contributed by atoms with Crippen molar-refractivity contribution in [2.24, 2.45) is 11.8 Å². The third-order valence-electron chi connectivity index (χ3n) is 9.54. The van der Waals surface area contributed by atoms with Crippen LogP contribution in [0.3, 0.4) is 0 Å². The van der Waals surface area contributed by atoms with E-state index >= 15 is 0 Å². The Kier molecular flexibility index (Phi) is 7.08. The topological polar surface area (TPSA) is 99.4 Å². The van der Waals surface area contributed by atoms with Crippen LogP contribution in [-0.4, -0.2) is 119 Å². The fourth-order valence-corrected chi connectivity index (χ4v) is 7.87. The average Bonchev–Trinajstić information content (AvgIpc) is 3.56. The SMILES string of the molecule is OC[C@@H]1CC[N@@+]2(CCOc3cccc(OCC[N@+]45CC[C@@H](CO)[C@H]4[C@@H](O)CC5)c3)CC[C@H](O)[C@H]12. The third kappa shape index (κ3) is 4.33. The molecule has 8 nitrogen and oxygen atoms in total. The molecule has 190 valence electrons. The van der Waals surface area contributed by atoms with Gasteiger partial charge in [-0.1, -0.05) is 6.07 Å². The van der Waals surface area contributed by atoms with Crippen molar-refractivity contribution in [3.05, 3.63) is 24.3 Å². The minimum atomic E-state index is -0.317. The van der Waals surface area contributed by atoms with E-state index in [1.165, 1.54) is 0 Å². The number of aliphatic hydroxyl groups is 4. The molecule has 0 unspecified atom stereocenters. The van der Waals surface area contributed by atoms with Gasteiger partial charge in [-0.15, -0.1) is 0 Å². The first-order chi connectivity index (χ1) is 16.5. The van der Waals surface area contributed by atoms with Crippen LogP contribution >= 0.6 is 0 Å². The molecule has 8 heteroatoms. The van der Waals surface area contributed by atoms with Gasteiger partial charge in [-0.05, 0) is 12.1 Å². The molecule has 0 aromatic heterocycles. The van der Waals surface area contributed by atoms with Crippen LogP contribution in [0.5, 0.6) is 11.5 Å². The van der Waals surface area contributed by atoms with Crippen LogP contribution in [0.25, 0.3) is 0 Å². The summed E-state index contributed by atoms with van der Waals surface area (Å²) < 4.78 is 13.9. The summed E-state index contributed by atoms with van der Waals surface area (Å²) >= 11 is 0. The molecule has 4 N–H and O–H groups in total. The summed E-state index contributed by atoms with van der Waals surface area (Å²) in [5, 5.41) is 40.4. The van der Waals surface area contributed by atoms with Gasteiger partial charge < -0.3 is 38.9 Å². The molecule has 1 aromatic rings. The van der Waals surface area contributed by atoms with E-state index in [-0.39, 0.29) is 49.3 Å². The minimum absolute atomic E-state index is 0.139. The first-order valence-electron chi connectivity index (χ1n) is 13.2. The van der Waals surface area contributed by atoms with Gasteiger partial charge in [0.25, 0.3) is 0 Å². The second kappa shape index (κ2) is 9.91. The van der Waals surface area contributed by atoms with Crippen molar-refractivity contribution < 1.29 is 38.9 Å². The lowest BCUT2D eigenvalue weighted by atomic mass is 9.97. The maximum atomic E-state index is 10.5. The predicted molar refractivity (Wildman–Crippen MR) is 126 cm³/mol. The molecule has 0 spiro atoms. The van der Waals surface area contributed by atoms with E-state index in [2.05, 4.69) is 0 Å². The Hall–Kier alpha value is -1.42. The van der Waals surface area contributed by atoms with Gasteiger partial charge in [-0.3, -0.25) is 0 Å². The molecule has 34 heavy (non-hydrogen) atoms. The molecule has 1 aromatic carbocycles. The maximum Gasteiger partial charge on any atom is 0.137 e. The molecule has 8 atom stereocenters. The van der Waals surface area contributed by atoms with Crippen molar-refractivity contribution >= 4 is 0 Å². The van der Waals surface area contributed by atoms with Gasteiger partial charge in [0.15, 0.2) is 0 Å². The average molecular weight is 479 g/mol. The molecular formula is C26H42N2O6+2. The first-order valence-corrected chi connectivity index (χ1v) is 13.2. The quantitative estimate of drug-likeness (QED) is 0.363. The highest BCUT2D eigenvalue weighted by molar-refractivity contribution is 5.32. The molecule has 0 bridgehead atoms. The molecular weight excluding hydrogens is 436 g/mol. The molecule has 0 aliphatic carbocycles. The summed E-state index contributed by atoms with van der Waals surface area (Å²) in [5.41, 5.74) is 0. The summed E-state index contributed by atoms with van der Waals surface area (Å²) in [6.07, 6.45) is 2.92. The zero-order chi connectivity index (χ0) is 23.8. The summed E-state index contributed by atoms with van der Waals surface area (Å²) in [4.78, 5) is 0. The molecule has 4 saturated heterocycles. The van der Waals surface area contributed by atoms with Crippen LogP contribution in [-0.2, 0) is 0 Å². The highest BCUT2D eigenvalue weighted by Crippen LogP contribution is 2.41.